The third-order valence-electron chi connectivity index (χ3n) is 4.46. The molecule has 1 aromatic heterocycles. The van der Waals surface area contributed by atoms with Gasteiger partial charge in [0.1, 0.15) is 11.6 Å². The first-order valence-electron chi connectivity index (χ1n) is 8.81. The van der Waals surface area contributed by atoms with E-state index in [9.17, 15) is 17.6 Å². The normalized spacial score (nSPS) is 11.8. The van der Waals surface area contributed by atoms with E-state index < -0.39 is 21.7 Å². The third-order valence-corrected chi connectivity index (χ3v) is 7.46. The first-order chi connectivity index (χ1) is 14.2. The number of hydrogen-bond acceptors (Lipinski definition) is 6. The maximum atomic E-state index is 14.4. The molecule has 7 nitrogen and oxygen atoms in total. The Hall–Kier alpha value is -2.53. The van der Waals surface area contributed by atoms with Crippen LogP contribution in [0.25, 0.3) is 10.1 Å². The molecule has 160 valence electrons. The number of nitrogens with zero attached hydrogens (tertiary/aromatic N) is 1. The van der Waals surface area contributed by atoms with Gasteiger partial charge in [-0.15, -0.1) is 11.3 Å². The van der Waals surface area contributed by atoms with E-state index in [0.29, 0.717) is 21.4 Å². The Bertz CT molecular complexity index is 1210. The molecule has 0 saturated carbocycles. The summed E-state index contributed by atoms with van der Waals surface area (Å²) < 4.78 is 51.4. The molecule has 3 rings (SSSR count). The van der Waals surface area contributed by atoms with Crippen molar-refractivity contribution in [3.8, 4) is 5.75 Å². The SMILES string of the molecule is COCc1c(C(=O)Nc2cc(S(=O)(=O)N(C)C)ccc2OC)sc2cccc(F)c12. The van der Waals surface area contributed by atoms with Crippen LogP contribution in [0.1, 0.15) is 15.2 Å². The van der Waals surface area contributed by atoms with Crippen LogP contribution in [0.2, 0.25) is 0 Å². The zero-order valence-electron chi connectivity index (χ0n) is 16.9. The number of sulfonamides is 1. The molecule has 0 fully saturated rings. The van der Waals surface area contributed by atoms with Gasteiger partial charge in [-0.05, 0) is 30.3 Å². The number of carbonyl (C=O) groups is 1. The lowest BCUT2D eigenvalue weighted by molar-refractivity contribution is 0.102. The molecule has 0 spiro atoms. The fourth-order valence-electron chi connectivity index (χ4n) is 2.97. The second-order valence-corrected chi connectivity index (χ2v) is 9.76. The van der Waals surface area contributed by atoms with Gasteiger partial charge in [-0.2, -0.15) is 0 Å². The van der Waals surface area contributed by atoms with Crippen molar-refractivity contribution in [1.29, 1.82) is 0 Å². The highest BCUT2D eigenvalue weighted by atomic mass is 32.2. The standard InChI is InChI=1S/C20H21FN2O5S2/c1-23(2)30(25,26)12-8-9-16(28-4)15(10-12)22-20(24)19-13(11-27-3)18-14(21)6-5-7-17(18)29-19/h5-10H,11H2,1-4H3,(H,22,24). The Morgan fingerprint density at radius 3 is 2.57 bits per heavy atom. The third kappa shape index (κ3) is 4.04. The number of ether oxygens (including phenoxy) is 2. The van der Waals surface area contributed by atoms with E-state index >= 15 is 0 Å². The van der Waals surface area contributed by atoms with Crippen molar-refractivity contribution in [3.05, 3.63) is 52.7 Å². The number of hydrogen-bond donors (Lipinski definition) is 1. The van der Waals surface area contributed by atoms with Crippen LogP contribution in [0, 0.1) is 5.82 Å². The summed E-state index contributed by atoms with van der Waals surface area (Å²) in [5.74, 6) is -0.659. The molecule has 0 aliphatic heterocycles. The van der Waals surface area contributed by atoms with Crippen molar-refractivity contribution in [3.63, 3.8) is 0 Å². The highest BCUT2D eigenvalue weighted by Crippen LogP contribution is 2.35. The van der Waals surface area contributed by atoms with Crippen molar-refractivity contribution in [2.45, 2.75) is 11.5 Å². The van der Waals surface area contributed by atoms with Gasteiger partial charge in [-0.25, -0.2) is 17.1 Å². The highest BCUT2D eigenvalue weighted by Gasteiger charge is 2.23. The fourth-order valence-corrected chi connectivity index (χ4v) is 5.01. The zero-order valence-corrected chi connectivity index (χ0v) is 18.5. The molecule has 0 bridgehead atoms. The highest BCUT2D eigenvalue weighted by molar-refractivity contribution is 7.89. The summed E-state index contributed by atoms with van der Waals surface area (Å²) >= 11 is 1.13. The molecule has 0 aliphatic rings. The molecule has 0 atom stereocenters. The fraction of sp³-hybridized carbons (Fsp3) is 0.250. The van der Waals surface area contributed by atoms with Crippen molar-refractivity contribution < 1.29 is 27.1 Å². The topological polar surface area (TPSA) is 84.9 Å². The Morgan fingerprint density at radius 2 is 1.93 bits per heavy atom. The summed E-state index contributed by atoms with van der Waals surface area (Å²) in [6.45, 7) is 0.0515. The van der Waals surface area contributed by atoms with E-state index in [2.05, 4.69) is 5.32 Å². The van der Waals surface area contributed by atoms with Gasteiger partial charge in [0, 0.05) is 36.9 Å². The van der Waals surface area contributed by atoms with Crippen LogP contribution < -0.4 is 10.1 Å². The molecule has 0 radical (unpaired) electrons. The molecule has 10 heteroatoms. The van der Waals surface area contributed by atoms with E-state index in [1.165, 1.54) is 52.6 Å². The van der Waals surface area contributed by atoms with Gasteiger partial charge >= 0.3 is 0 Å². The Labute approximate surface area is 178 Å². The summed E-state index contributed by atoms with van der Waals surface area (Å²) in [6.07, 6.45) is 0. The monoisotopic (exact) mass is 452 g/mol. The van der Waals surface area contributed by atoms with E-state index in [1.54, 1.807) is 12.1 Å². The number of rotatable bonds is 7. The second-order valence-electron chi connectivity index (χ2n) is 6.56. The molecule has 0 saturated heterocycles. The van der Waals surface area contributed by atoms with Crippen LogP contribution in [0.3, 0.4) is 0 Å². The predicted octanol–water partition coefficient (Wildman–Crippen LogP) is 3.70. The number of benzene rings is 2. The minimum Gasteiger partial charge on any atom is -0.495 e. The van der Waals surface area contributed by atoms with Crippen LogP contribution in [0.5, 0.6) is 5.75 Å². The van der Waals surface area contributed by atoms with E-state index in [4.69, 9.17) is 9.47 Å². The molecule has 2 aromatic carbocycles. The Morgan fingerprint density at radius 1 is 1.20 bits per heavy atom. The maximum absolute atomic E-state index is 14.4. The summed E-state index contributed by atoms with van der Waals surface area (Å²) in [7, 11) is 2.00. The summed E-state index contributed by atoms with van der Waals surface area (Å²) in [5, 5.41) is 3.03. The van der Waals surface area contributed by atoms with E-state index in [-0.39, 0.29) is 22.1 Å². The number of anilines is 1. The van der Waals surface area contributed by atoms with Crippen molar-refractivity contribution >= 4 is 43.0 Å². The number of methoxy groups -OCH3 is 2. The number of nitrogens with one attached hydrogen (secondary N) is 1. The van der Waals surface area contributed by atoms with Crippen LogP contribution in [-0.2, 0) is 21.4 Å². The van der Waals surface area contributed by atoms with Gasteiger partial charge in [0.25, 0.3) is 5.91 Å². The lowest BCUT2D eigenvalue weighted by Gasteiger charge is -2.15. The Balaban J connectivity index is 2.06. The van der Waals surface area contributed by atoms with E-state index in [0.717, 1.165) is 15.6 Å². The number of fused-ring (bicyclic) bond motifs is 1. The van der Waals surface area contributed by atoms with Crippen molar-refractivity contribution in [2.24, 2.45) is 0 Å². The minimum absolute atomic E-state index is 0.00287. The van der Waals surface area contributed by atoms with Gasteiger partial charge < -0.3 is 14.8 Å². The average molecular weight is 453 g/mol. The largest absolute Gasteiger partial charge is 0.495 e. The molecule has 0 aliphatic carbocycles. The molecule has 1 amide bonds. The first-order valence-corrected chi connectivity index (χ1v) is 11.1. The molecule has 30 heavy (non-hydrogen) atoms. The molecular weight excluding hydrogens is 431 g/mol. The molecule has 1 heterocycles. The Kier molecular flexibility index (Phi) is 6.41. The minimum atomic E-state index is -3.71. The van der Waals surface area contributed by atoms with Crippen LogP contribution in [0.15, 0.2) is 41.3 Å². The number of thiophene rings is 1. The lowest BCUT2D eigenvalue weighted by Crippen LogP contribution is -2.22. The predicted molar refractivity (Wildman–Crippen MR) is 114 cm³/mol. The van der Waals surface area contributed by atoms with Crippen molar-refractivity contribution in [2.75, 3.05) is 33.6 Å². The quantitative estimate of drug-likeness (QED) is 0.591. The number of halogens is 1. The molecular formula is C20H21FN2O5S2. The van der Waals surface area contributed by atoms with Gasteiger partial charge in [-0.1, -0.05) is 6.07 Å². The molecule has 3 aromatic rings. The zero-order chi connectivity index (χ0) is 22.1. The lowest BCUT2D eigenvalue weighted by atomic mass is 10.1. The van der Waals surface area contributed by atoms with Crippen LogP contribution in [0.4, 0.5) is 10.1 Å². The summed E-state index contributed by atoms with van der Waals surface area (Å²) in [4.78, 5) is 13.3. The van der Waals surface area contributed by atoms with Gasteiger partial charge in [0.2, 0.25) is 10.0 Å². The van der Waals surface area contributed by atoms with Crippen LogP contribution in [-0.4, -0.2) is 46.9 Å². The first kappa shape index (κ1) is 22.2. The number of amides is 1. The smallest absolute Gasteiger partial charge is 0.266 e. The molecule has 1 N–H and O–H groups in total. The number of carbonyl (C=O) groups excluding carboxylic acids is 1. The van der Waals surface area contributed by atoms with E-state index in [1.807, 2.05) is 0 Å². The maximum Gasteiger partial charge on any atom is 0.266 e. The second kappa shape index (κ2) is 8.68. The summed E-state index contributed by atoms with van der Waals surface area (Å²) in [6, 6.07) is 8.82. The molecule has 0 unspecified atom stereocenters. The van der Waals surface area contributed by atoms with Gasteiger partial charge in [-0.3, -0.25) is 4.79 Å². The van der Waals surface area contributed by atoms with Gasteiger partial charge in [0.05, 0.1) is 29.2 Å². The van der Waals surface area contributed by atoms with Gasteiger partial charge in [0.15, 0.2) is 0 Å². The average Bonchev–Trinajstić information content (AvgIpc) is 3.08. The van der Waals surface area contributed by atoms with Crippen molar-refractivity contribution in [1.82, 2.24) is 4.31 Å². The van der Waals surface area contributed by atoms with Crippen LogP contribution >= 0.6 is 11.3 Å². The summed E-state index contributed by atoms with van der Waals surface area (Å²) in [5.41, 5.74) is 0.621.